The third-order valence-electron chi connectivity index (χ3n) is 4.94. The number of fused-ring (bicyclic) bond motifs is 1. The van der Waals surface area contributed by atoms with Gasteiger partial charge in [-0.15, -0.1) is 0 Å². The molecule has 3 rings (SSSR count). The number of anilines is 1. The maximum absolute atomic E-state index is 11.2. The van der Waals surface area contributed by atoms with E-state index in [0.29, 0.717) is 11.6 Å². The average molecular weight is 363 g/mol. The Bertz CT molecular complexity index is 775. The van der Waals surface area contributed by atoms with E-state index in [1.54, 1.807) is 13.2 Å². The van der Waals surface area contributed by atoms with Crippen LogP contribution in [0.3, 0.4) is 0 Å². The molecule has 2 aromatic rings. The van der Waals surface area contributed by atoms with E-state index in [1.165, 1.54) is 4.90 Å². The van der Waals surface area contributed by atoms with Crippen LogP contribution in [0.4, 0.5) is 10.5 Å². The number of nitrogens with two attached hydrogens (primary N) is 1. The topological polar surface area (TPSA) is 82.7 Å². The Labute approximate surface area is 152 Å². The molecule has 25 heavy (non-hydrogen) atoms. The number of pyridine rings is 1. The lowest BCUT2D eigenvalue weighted by Crippen LogP contribution is -2.45. The molecule has 0 saturated carbocycles. The van der Waals surface area contributed by atoms with E-state index >= 15 is 0 Å². The molecule has 1 aromatic heterocycles. The summed E-state index contributed by atoms with van der Waals surface area (Å²) in [6, 6.07) is 5.90. The Kier molecular flexibility index (Phi) is 5.30. The maximum Gasteiger partial charge on any atom is 0.407 e. The molecule has 6 nitrogen and oxygen atoms in total. The highest BCUT2D eigenvalue weighted by atomic mass is 35.5. The lowest BCUT2D eigenvalue weighted by Gasteiger charge is -2.38. The lowest BCUT2D eigenvalue weighted by molar-refractivity contribution is 0.131. The van der Waals surface area contributed by atoms with Gasteiger partial charge < -0.3 is 20.6 Å². The van der Waals surface area contributed by atoms with Crippen molar-refractivity contribution >= 4 is 34.3 Å². The summed E-state index contributed by atoms with van der Waals surface area (Å²) < 4.78 is 0. The van der Waals surface area contributed by atoms with Crippen molar-refractivity contribution in [1.29, 1.82) is 0 Å². The Morgan fingerprint density at radius 1 is 1.48 bits per heavy atom. The van der Waals surface area contributed by atoms with Gasteiger partial charge in [-0.05, 0) is 49.6 Å². The summed E-state index contributed by atoms with van der Waals surface area (Å²) >= 11 is 6.44. The predicted molar refractivity (Wildman–Crippen MR) is 101 cm³/mol. The van der Waals surface area contributed by atoms with Crippen LogP contribution in [0.2, 0.25) is 5.02 Å². The van der Waals surface area contributed by atoms with E-state index in [1.807, 2.05) is 18.2 Å². The van der Waals surface area contributed by atoms with Gasteiger partial charge in [0.05, 0.1) is 16.2 Å². The first-order chi connectivity index (χ1) is 12.0. The molecule has 0 spiro atoms. The number of aromatic nitrogens is 1. The second-order valence-electron chi connectivity index (χ2n) is 6.42. The third-order valence-corrected chi connectivity index (χ3v) is 5.25. The standard InChI is InChI=1S/C18H23ClN4O2/c1-22(18(24)25)13-5-9-23(10-6-13)17-12(4-7-20)11-15(19)14-3-2-8-21-16(14)17/h2-3,8,11,13H,4-7,9-10,20H2,1H3,(H,24,25). The molecule has 0 atom stereocenters. The summed E-state index contributed by atoms with van der Waals surface area (Å²) in [6.45, 7) is 2.11. The summed E-state index contributed by atoms with van der Waals surface area (Å²) in [7, 11) is 1.64. The van der Waals surface area contributed by atoms with E-state index < -0.39 is 6.09 Å². The van der Waals surface area contributed by atoms with Crippen molar-refractivity contribution in [2.45, 2.75) is 25.3 Å². The molecule has 0 unspecified atom stereocenters. The summed E-state index contributed by atoms with van der Waals surface area (Å²) in [6.07, 6.45) is 3.22. The molecule has 2 heterocycles. The minimum absolute atomic E-state index is 0.0539. The average Bonchev–Trinajstić information content (AvgIpc) is 2.62. The highest BCUT2D eigenvalue weighted by Gasteiger charge is 2.27. The van der Waals surface area contributed by atoms with Crippen molar-refractivity contribution in [2.24, 2.45) is 5.73 Å². The number of amides is 1. The Balaban J connectivity index is 1.94. The van der Waals surface area contributed by atoms with E-state index in [9.17, 15) is 9.90 Å². The van der Waals surface area contributed by atoms with Crippen molar-refractivity contribution in [3.8, 4) is 0 Å². The monoisotopic (exact) mass is 362 g/mol. The van der Waals surface area contributed by atoms with Crippen molar-refractivity contribution in [1.82, 2.24) is 9.88 Å². The summed E-state index contributed by atoms with van der Waals surface area (Å²) in [5.41, 5.74) is 8.87. The lowest BCUT2D eigenvalue weighted by atomic mass is 9.99. The molecule has 134 valence electrons. The molecule has 1 aliphatic heterocycles. The van der Waals surface area contributed by atoms with Crippen molar-refractivity contribution in [3.05, 3.63) is 35.0 Å². The number of carbonyl (C=O) groups is 1. The summed E-state index contributed by atoms with van der Waals surface area (Å²) in [5, 5.41) is 10.8. The van der Waals surface area contributed by atoms with Gasteiger partial charge in [0.15, 0.2) is 0 Å². The zero-order valence-corrected chi connectivity index (χ0v) is 15.0. The largest absolute Gasteiger partial charge is 0.465 e. The molecule has 0 aliphatic carbocycles. The van der Waals surface area contributed by atoms with Gasteiger partial charge in [0.1, 0.15) is 0 Å². The van der Waals surface area contributed by atoms with Crippen LogP contribution in [0.25, 0.3) is 10.9 Å². The number of carboxylic acid groups (broad SMARTS) is 1. The van der Waals surface area contributed by atoms with Crippen LogP contribution in [0.15, 0.2) is 24.4 Å². The van der Waals surface area contributed by atoms with Gasteiger partial charge in [0, 0.05) is 37.8 Å². The smallest absolute Gasteiger partial charge is 0.407 e. The third kappa shape index (κ3) is 3.50. The fourth-order valence-electron chi connectivity index (χ4n) is 3.57. The molecule has 7 heteroatoms. The normalized spacial score (nSPS) is 15.6. The zero-order chi connectivity index (χ0) is 18.0. The molecular formula is C18H23ClN4O2. The quantitative estimate of drug-likeness (QED) is 0.873. The van der Waals surface area contributed by atoms with Gasteiger partial charge in [-0.25, -0.2) is 4.79 Å². The van der Waals surface area contributed by atoms with Crippen LogP contribution in [-0.4, -0.2) is 53.8 Å². The number of nitrogens with zero attached hydrogens (tertiary/aromatic N) is 3. The number of piperidine rings is 1. The second kappa shape index (κ2) is 7.45. The van der Waals surface area contributed by atoms with Gasteiger partial charge >= 0.3 is 6.09 Å². The molecule has 1 amide bonds. The molecule has 3 N–H and O–H groups in total. The van der Waals surface area contributed by atoms with Crippen LogP contribution in [0.1, 0.15) is 18.4 Å². The van der Waals surface area contributed by atoms with Gasteiger partial charge in [0.2, 0.25) is 0 Å². The van der Waals surface area contributed by atoms with Crippen molar-refractivity contribution in [3.63, 3.8) is 0 Å². The predicted octanol–water partition coefficient (Wildman–Crippen LogP) is 2.97. The number of hydrogen-bond donors (Lipinski definition) is 2. The van der Waals surface area contributed by atoms with Crippen LogP contribution >= 0.6 is 11.6 Å². The highest BCUT2D eigenvalue weighted by molar-refractivity contribution is 6.36. The molecule has 1 fully saturated rings. The first-order valence-electron chi connectivity index (χ1n) is 8.49. The molecule has 1 saturated heterocycles. The fraction of sp³-hybridized carbons (Fsp3) is 0.444. The van der Waals surface area contributed by atoms with Gasteiger partial charge in [0.25, 0.3) is 0 Å². The number of benzene rings is 1. The fourth-order valence-corrected chi connectivity index (χ4v) is 3.85. The minimum atomic E-state index is -0.874. The molecule has 1 aromatic carbocycles. The van der Waals surface area contributed by atoms with E-state index in [4.69, 9.17) is 17.3 Å². The van der Waals surface area contributed by atoms with Crippen LogP contribution in [0.5, 0.6) is 0 Å². The Hall–Kier alpha value is -2.05. The van der Waals surface area contributed by atoms with Gasteiger partial charge in [-0.2, -0.15) is 0 Å². The number of hydrogen-bond acceptors (Lipinski definition) is 4. The summed E-state index contributed by atoms with van der Waals surface area (Å²) in [5.74, 6) is 0. The SMILES string of the molecule is CN(C(=O)O)C1CCN(c2c(CCN)cc(Cl)c3cccnc23)CC1. The second-order valence-corrected chi connectivity index (χ2v) is 6.82. The Morgan fingerprint density at radius 2 is 2.20 bits per heavy atom. The number of rotatable bonds is 4. The Morgan fingerprint density at radius 3 is 2.84 bits per heavy atom. The van der Waals surface area contributed by atoms with E-state index in [2.05, 4.69) is 9.88 Å². The number of halogens is 1. The van der Waals surface area contributed by atoms with Crippen molar-refractivity contribution in [2.75, 3.05) is 31.6 Å². The first-order valence-corrected chi connectivity index (χ1v) is 8.87. The molecule has 0 bridgehead atoms. The highest BCUT2D eigenvalue weighted by Crippen LogP contribution is 2.36. The van der Waals surface area contributed by atoms with Crippen LogP contribution < -0.4 is 10.6 Å². The van der Waals surface area contributed by atoms with Gasteiger partial charge in [-0.3, -0.25) is 4.98 Å². The summed E-state index contributed by atoms with van der Waals surface area (Å²) in [4.78, 5) is 19.5. The van der Waals surface area contributed by atoms with Gasteiger partial charge in [-0.1, -0.05) is 11.6 Å². The van der Waals surface area contributed by atoms with Crippen molar-refractivity contribution < 1.29 is 9.90 Å². The first kappa shape index (κ1) is 17.8. The molecular weight excluding hydrogens is 340 g/mol. The van der Waals surface area contributed by atoms with Crippen LogP contribution in [0, 0.1) is 0 Å². The maximum atomic E-state index is 11.2. The molecule has 1 aliphatic rings. The zero-order valence-electron chi connectivity index (χ0n) is 14.3. The van der Waals surface area contributed by atoms with E-state index in [0.717, 1.165) is 54.5 Å². The molecule has 0 radical (unpaired) electrons. The minimum Gasteiger partial charge on any atom is -0.465 e. The van der Waals surface area contributed by atoms with Crippen LogP contribution in [-0.2, 0) is 6.42 Å². The van der Waals surface area contributed by atoms with E-state index in [-0.39, 0.29) is 6.04 Å².